The van der Waals surface area contributed by atoms with Crippen molar-refractivity contribution in [1.29, 1.82) is 0 Å². The van der Waals surface area contributed by atoms with E-state index in [9.17, 15) is 0 Å². The molecule has 8 heavy (non-hydrogen) atoms. The molecule has 0 saturated carbocycles. The van der Waals surface area contributed by atoms with E-state index in [4.69, 9.17) is 0 Å². The topological polar surface area (TPSA) is 24.1 Å². The summed E-state index contributed by atoms with van der Waals surface area (Å²) in [6.07, 6.45) is 1.64. The van der Waals surface area contributed by atoms with Crippen molar-refractivity contribution in [2.24, 2.45) is 0 Å². The molecule has 0 aliphatic heterocycles. The molecule has 0 aromatic rings. The van der Waals surface area contributed by atoms with Crippen molar-refractivity contribution in [2.75, 3.05) is 0 Å². The first-order valence-corrected chi connectivity index (χ1v) is 3.37. The van der Waals surface area contributed by atoms with Crippen molar-refractivity contribution < 1.29 is 0 Å². The minimum Gasteiger partial charge on any atom is -0.324 e. The molecular formula is C5H12N2S. The third kappa shape index (κ3) is 5.85. The Morgan fingerprint density at radius 3 is 2.62 bits per heavy atom. The highest BCUT2D eigenvalue weighted by Crippen LogP contribution is 1.87. The molecule has 0 spiro atoms. The summed E-state index contributed by atoms with van der Waals surface area (Å²) < 4.78 is 5.93. The lowest BCUT2D eigenvalue weighted by atomic mass is 10.4. The molecule has 0 unspecified atom stereocenters. The monoisotopic (exact) mass is 132 g/mol. The van der Waals surface area contributed by atoms with Crippen LogP contribution in [0.25, 0.3) is 0 Å². The van der Waals surface area contributed by atoms with Gasteiger partial charge in [-0.15, -0.1) is 0 Å². The van der Waals surface area contributed by atoms with Crippen LogP contribution in [0.1, 0.15) is 13.8 Å². The van der Waals surface area contributed by atoms with Crippen LogP contribution in [0.3, 0.4) is 0 Å². The highest BCUT2D eigenvalue weighted by molar-refractivity contribution is 7.95. The van der Waals surface area contributed by atoms with Crippen molar-refractivity contribution in [3.63, 3.8) is 0 Å². The van der Waals surface area contributed by atoms with Crippen LogP contribution in [0.2, 0.25) is 0 Å². The van der Waals surface area contributed by atoms with Crippen LogP contribution in [-0.4, -0.2) is 6.04 Å². The highest BCUT2D eigenvalue weighted by atomic mass is 32.2. The van der Waals surface area contributed by atoms with Gasteiger partial charge in [-0.3, -0.25) is 0 Å². The van der Waals surface area contributed by atoms with Crippen molar-refractivity contribution in [2.45, 2.75) is 19.9 Å². The minimum absolute atomic E-state index is 0.507. The van der Waals surface area contributed by atoms with E-state index in [1.807, 2.05) is 0 Å². The van der Waals surface area contributed by atoms with Crippen molar-refractivity contribution in [3.05, 3.63) is 12.8 Å². The summed E-state index contributed by atoms with van der Waals surface area (Å²) in [5, 5.41) is 0. The molecule has 2 N–H and O–H groups in total. The Labute approximate surface area is 55.0 Å². The average molecular weight is 132 g/mol. The van der Waals surface area contributed by atoms with Gasteiger partial charge in [0.2, 0.25) is 0 Å². The van der Waals surface area contributed by atoms with Crippen LogP contribution in [0.15, 0.2) is 12.8 Å². The Bertz CT molecular complexity index is 63.4. The van der Waals surface area contributed by atoms with Crippen molar-refractivity contribution in [3.8, 4) is 0 Å². The predicted molar refractivity (Wildman–Crippen MR) is 39.2 cm³/mol. The van der Waals surface area contributed by atoms with E-state index in [1.54, 1.807) is 6.20 Å². The lowest BCUT2D eigenvalue weighted by molar-refractivity contribution is 0.769. The maximum atomic E-state index is 3.49. The molecule has 0 fully saturated rings. The van der Waals surface area contributed by atoms with Gasteiger partial charge in [0.25, 0.3) is 0 Å². The lowest BCUT2D eigenvalue weighted by Gasteiger charge is -2.03. The van der Waals surface area contributed by atoms with Crippen LogP contribution in [0.5, 0.6) is 0 Å². The summed E-state index contributed by atoms with van der Waals surface area (Å²) in [7, 11) is 0. The first-order chi connectivity index (χ1) is 3.77. The Hall–Kier alpha value is -0.150. The summed E-state index contributed by atoms with van der Waals surface area (Å²) in [6, 6.07) is 0.507. The quantitative estimate of drug-likeness (QED) is 0.445. The Morgan fingerprint density at radius 1 is 1.62 bits per heavy atom. The summed E-state index contributed by atoms with van der Waals surface area (Å²) in [5.41, 5.74) is 0. The molecule has 2 nitrogen and oxygen atoms in total. The minimum atomic E-state index is 0.507. The molecule has 3 heteroatoms. The van der Waals surface area contributed by atoms with Gasteiger partial charge in [0.15, 0.2) is 0 Å². The van der Waals surface area contributed by atoms with Crippen LogP contribution >= 0.6 is 12.1 Å². The van der Waals surface area contributed by atoms with E-state index in [0.717, 1.165) is 0 Å². The number of hydrogen-bond acceptors (Lipinski definition) is 3. The molecule has 48 valence electrons. The lowest BCUT2D eigenvalue weighted by Crippen LogP contribution is -2.17. The molecule has 0 rings (SSSR count). The van der Waals surface area contributed by atoms with Crippen molar-refractivity contribution in [1.82, 2.24) is 9.44 Å². The van der Waals surface area contributed by atoms with Crippen LogP contribution in [0, 0.1) is 0 Å². The number of rotatable bonds is 4. The van der Waals surface area contributed by atoms with Gasteiger partial charge in [-0.05, 0) is 13.8 Å². The molecule has 0 aromatic carbocycles. The second-order valence-corrected chi connectivity index (χ2v) is 2.37. The Morgan fingerprint density at radius 2 is 2.25 bits per heavy atom. The second kappa shape index (κ2) is 5.00. The van der Waals surface area contributed by atoms with E-state index in [0.29, 0.717) is 6.04 Å². The zero-order chi connectivity index (χ0) is 6.41. The second-order valence-electron chi connectivity index (χ2n) is 1.70. The highest BCUT2D eigenvalue weighted by Gasteiger charge is 1.86. The summed E-state index contributed by atoms with van der Waals surface area (Å²) in [4.78, 5) is 0. The Balaban J connectivity index is 2.81. The molecule has 0 saturated heterocycles. The largest absolute Gasteiger partial charge is 0.324 e. The van der Waals surface area contributed by atoms with Gasteiger partial charge in [0, 0.05) is 24.4 Å². The summed E-state index contributed by atoms with van der Waals surface area (Å²) in [5.74, 6) is 0. The van der Waals surface area contributed by atoms with E-state index < -0.39 is 0 Å². The molecule has 0 aromatic heterocycles. The Kier molecular flexibility index (Phi) is 4.90. The smallest absolute Gasteiger partial charge is 0.0338 e. The molecule has 0 radical (unpaired) electrons. The summed E-state index contributed by atoms with van der Waals surface area (Å²) in [6.45, 7) is 7.65. The van der Waals surface area contributed by atoms with Gasteiger partial charge in [-0.1, -0.05) is 6.58 Å². The predicted octanol–water partition coefficient (Wildman–Crippen LogP) is 1.28. The SMILES string of the molecule is C=CNSNC(C)C. The van der Waals surface area contributed by atoms with E-state index >= 15 is 0 Å². The third-order valence-electron chi connectivity index (χ3n) is 0.437. The first kappa shape index (κ1) is 7.85. The van der Waals surface area contributed by atoms with Gasteiger partial charge in [-0.25, -0.2) is 4.72 Å². The zero-order valence-corrected chi connectivity index (χ0v) is 6.09. The van der Waals surface area contributed by atoms with Gasteiger partial charge in [-0.2, -0.15) is 0 Å². The number of hydrogen-bond donors (Lipinski definition) is 2. The average Bonchev–Trinajstić information content (AvgIpc) is 1.66. The van der Waals surface area contributed by atoms with Crippen LogP contribution < -0.4 is 9.44 Å². The fourth-order valence-electron chi connectivity index (χ4n) is 0.194. The standard InChI is InChI=1S/C5H12N2S/c1-4-6-8-7-5(2)3/h4-7H,1H2,2-3H3. The molecule has 0 heterocycles. The van der Waals surface area contributed by atoms with Crippen LogP contribution in [0.4, 0.5) is 0 Å². The zero-order valence-electron chi connectivity index (χ0n) is 5.27. The van der Waals surface area contributed by atoms with Gasteiger partial charge in [0.05, 0.1) is 0 Å². The summed E-state index contributed by atoms with van der Waals surface area (Å²) >= 11 is 1.44. The molecule has 0 bridgehead atoms. The van der Waals surface area contributed by atoms with E-state index in [2.05, 4.69) is 29.9 Å². The molecule has 0 aliphatic rings. The maximum absolute atomic E-state index is 3.49. The molecular weight excluding hydrogens is 120 g/mol. The maximum Gasteiger partial charge on any atom is 0.0338 e. The molecule has 0 aliphatic carbocycles. The van der Waals surface area contributed by atoms with E-state index in [-0.39, 0.29) is 0 Å². The van der Waals surface area contributed by atoms with Crippen LogP contribution in [-0.2, 0) is 0 Å². The van der Waals surface area contributed by atoms with Gasteiger partial charge < -0.3 is 4.72 Å². The molecule has 0 amide bonds. The fourth-order valence-corrected chi connectivity index (χ4v) is 0.581. The fraction of sp³-hybridized carbons (Fsp3) is 0.600. The first-order valence-electron chi connectivity index (χ1n) is 2.55. The molecule has 0 atom stereocenters. The van der Waals surface area contributed by atoms with E-state index in [1.165, 1.54) is 12.1 Å². The van der Waals surface area contributed by atoms with Gasteiger partial charge in [0.1, 0.15) is 0 Å². The van der Waals surface area contributed by atoms with Crippen molar-refractivity contribution >= 4 is 12.1 Å². The third-order valence-corrected chi connectivity index (χ3v) is 1.31. The normalized spacial score (nSPS) is 9.38. The number of nitrogens with one attached hydrogen (secondary N) is 2. The van der Waals surface area contributed by atoms with Gasteiger partial charge >= 0.3 is 0 Å².